The number of unbranched alkanes of at least 4 members (excludes halogenated alkanes) is 1. The molecule has 0 aliphatic carbocycles. The molecule has 1 rings (SSSR count). The maximum atomic E-state index is 4.32. The van der Waals surface area contributed by atoms with Crippen molar-refractivity contribution in [3.63, 3.8) is 0 Å². The van der Waals surface area contributed by atoms with Gasteiger partial charge in [-0.05, 0) is 51.3 Å². The standard InChI is InChI=1S/C13H22N2/c1-5-6-7-11-8-9-14-12(10-11)15-13(2,3)4/h8-10H,5-7H2,1-4H3,(H,14,15). The molecule has 0 aliphatic rings. The first-order chi connectivity index (χ1) is 7.01. The van der Waals surface area contributed by atoms with Gasteiger partial charge in [0.2, 0.25) is 0 Å². The molecule has 1 heterocycles. The average Bonchev–Trinajstić information content (AvgIpc) is 2.12. The van der Waals surface area contributed by atoms with Crippen molar-refractivity contribution in [1.29, 1.82) is 0 Å². The molecule has 15 heavy (non-hydrogen) atoms. The van der Waals surface area contributed by atoms with E-state index >= 15 is 0 Å². The van der Waals surface area contributed by atoms with Crippen molar-refractivity contribution in [3.8, 4) is 0 Å². The van der Waals surface area contributed by atoms with E-state index in [1.807, 2.05) is 6.20 Å². The lowest BCUT2D eigenvalue weighted by Crippen LogP contribution is -2.26. The van der Waals surface area contributed by atoms with Crippen molar-refractivity contribution in [2.75, 3.05) is 5.32 Å². The van der Waals surface area contributed by atoms with Crippen LogP contribution in [0, 0.1) is 0 Å². The summed E-state index contributed by atoms with van der Waals surface area (Å²) in [6, 6.07) is 4.25. The summed E-state index contributed by atoms with van der Waals surface area (Å²) in [5, 5.41) is 3.39. The number of rotatable bonds is 4. The second-order valence-corrected chi connectivity index (χ2v) is 5.03. The van der Waals surface area contributed by atoms with Crippen LogP contribution in [0.5, 0.6) is 0 Å². The van der Waals surface area contributed by atoms with Gasteiger partial charge in [-0.3, -0.25) is 0 Å². The predicted molar refractivity (Wildman–Crippen MR) is 66.2 cm³/mol. The molecule has 1 N–H and O–H groups in total. The number of nitrogens with one attached hydrogen (secondary N) is 1. The summed E-state index contributed by atoms with van der Waals surface area (Å²) in [6.07, 6.45) is 5.53. The molecule has 0 saturated heterocycles. The molecule has 84 valence electrons. The molecule has 0 bridgehead atoms. The van der Waals surface area contributed by atoms with Gasteiger partial charge in [-0.15, -0.1) is 0 Å². The fourth-order valence-corrected chi connectivity index (χ4v) is 1.46. The normalized spacial score (nSPS) is 11.5. The Labute approximate surface area is 93.1 Å². The van der Waals surface area contributed by atoms with Crippen molar-refractivity contribution in [1.82, 2.24) is 4.98 Å². The molecular formula is C13H22N2. The Balaban J connectivity index is 2.66. The molecule has 0 saturated carbocycles. The molecule has 0 amide bonds. The molecule has 0 aliphatic heterocycles. The SMILES string of the molecule is CCCCc1ccnc(NC(C)(C)C)c1. The molecular weight excluding hydrogens is 184 g/mol. The highest BCUT2D eigenvalue weighted by atomic mass is 15.0. The highest BCUT2D eigenvalue weighted by Gasteiger charge is 2.09. The minimum Gasteiger partial charge on any atom is -0.365 e. The molecule has 0 spiro atoms. The summed E-state index contributed by atoms with van der Waals surface area (Å²) in [5.41, 5.74) is 1.45. The van der Waals surface area contributed by atoms with E-state index in [-0.39, 0.29) is 5.54 Å². The second-order valence-electron chi connectivity index (χ2n) is 5.03. The van der Waals surface area contributed by atoms with Crippen molar-refractivity contribution < 1.29 is 0 Å². The van der Waals surface area contributed by atoms with Crippen LogP contribution in [0.2, 0.25) is 0 Å². The van der Waals surface area contributed by atoms with Crippen LogP contribution in [-0.2, 0) is 6.42 Å². The number of hydrogen-bond acceptors (Lipinski definition) is 2. The van der Waals surface area contributed by atoms with Gasteiger partial charge < -0.3 is 5.32 Å². The zero-order valence-corrected chi connectivity index (χ0v) is 10.3. The largest absolute Gasteiger partial charge is 0.365 e. The summed E-state index contributed by atoms with van der Waals surface area (Å²) in [5.74, 6) is 0.983. The zero-order valence-electron chi connectivity index (χ0n) is 10.3. The van der Waals surface area contributed by atoms with Crippen LogP contribution >= 0.6 is 0 Å². The average molecular weight is 206 g/mol. The van der Waals surface area contributed by atoms with Crippen LogP contribution < -0.4 is 5.32 Å². The third-order valence-electron chi connectivity index (χ3n) is 2.15. The molecule has 1 aromatic heterocycles. The van der Waals surface area contributed by atoms with E-state index in [1.54, 1.807) is 0 Å². The number of anilines is 1. The van der Waals surface area contributed by atoms with Crippen molar-refractivity contribution in [2.45, 2.75) is 52.5 Å². The Morgan fingerprint density at radius 2 is 2.07 bits per heavy atom. The monoisotopic (exact) mass is 206 g/mol. The molecule has 0 unspecified atom stereocenters. The Bertz CT molecular complexity index is 300. The van der Waals surface area contributed by atoms with Crippen LogP contribution in [0.15, 0.2) is 18.3 Å². The molecule has 0 radical (unpaired) electrons. The number of pyridine rings is 1. The molecule has 1 aromatic rings. The summed E-state index contributed by atoms with van der Waals surface area (Å²) in [4.78, 5) is 4.32. The maximum Gasteiger partial charge on any atom is 0.126 e. The van der Waals surface area contributed by atoms with Crippen LogP contribution in [0.4, 0.5) is 5.82 Å². The van der Waals surface area contributed by atoms with Crippen molar-refractivity contribution >= 4 is 5.82 Å². The Morgan fingerprint density at radius 3 is 2.67 bits per heavy atom. The lowest BCUT2D eigenvalue weighted by molar-refractivity contribution is 0.630. The van der Waals surface area contributed by atoms with Gasteiger partial charge >= 0.3 is 0 Å². The second kappa shape index (κ2) is 5.15. The topological polar surface area (TPSA) is 24.9 Å². The predicted octanol–water partition coefficient (Wildman–Crippen LogP) is 3.63. The third-order valence-corrected chi connectivity index (χ3v) is 2.15. The van der Waals surface area contributed by atoms with Crippen LogP contribution in [0.1, 0.15) is 46.1 Å². The first kappa shape index (κ1) is 12.0. The lowest BCUT2D eigenvalue weighted by Gasteiger charge is -2.21. The minimum atomic E-state index is 0.0797. The zero-order chi connectivity index (χ0) is 11.3. The van der Waals surface area contributed by atoms with E-state index in [2.05, 4.69) is 50.1 Å². The Hall–Kier alpha value is -1.05. The maximum absolute atomic E-state index is 4.32. The van der Waals surface area contributed by atoms with Gasteiger partial charge in [0, 0.05) is 11.7 Å². The van der Waals surface area contributed by atoms with Crippen LogP contribution in [0.3, 0.4) is 0 Å². The van der Waals surface area contributed by atoms with Gasteiger partial charge in [0.05, 0.1) is 0 Å². The number of aryl methyl sites for hydroxylation is 1. The van der Waals surface area contributed by atoms with E-state index < -0.39 is 0 Å². The van der Waals surface area contributed by atoms with Crippen LogP contribution in [0.25, 0.3) is 0 Å². The molecule has 2 nitrogen and oxygen atoms in total. The van der Waals surface area contributed by atoms with Crippen molar-refractivity contribution in [3.05, 3.63) is 23.9 Å². The van der Waals surface area contributed by atoms with Gasteiger partial charge in [0.1, 0.15) is 5.82 Å². The number of aromatic nitrogens is 1. The Morgan fingerprint density at radius 1 is 1.33 bits per heavy atom. The molecule has 0 atom stereocenters. The van der Waals surface area contributed by atoms with Crippen molar-refractivity contribution in [2.24, 2.45) is 0 Å². The first-order valence-corrected chi connectivity index (χ1v) is 5.74. The third kappa shape index (κ3) is 4.82. The fraction of sp³-hybridized carbons (Fsp3) is 0.615. The summed E-state index contributed by atoms with van der Waals surface area (Å²) < 4.78 is 0. The van der Waals surface area contributed by atoms with E-state index in [1.165, 1.54) is 18.4 Å². The van der Waals surface area contributed by atoms with E-state index in [0.29, 0.717) is 0 Å². The molecule has 2 heteroatoms. The summed E-state index contributed by atoms with van der Waals surface area (Å²) in [6.45, 7) is 8.66. The molecule has 0 aromatic carbocycles. The van der Waals surface area contributed by atoms with Gasteiger partial charge in [0.15, 0.2) is 0 Å². The minimum absolute atomic E-state index is 0.0797. The highest BCUT2D eigenvalue weighted by molar-refractivity contribution is 5.39. The van der Waals surface area contributed by atoms with Gasteiger partial charge in [0.25, 0.3) is 0 Å². The number of hydrogen-bond donors (Lipinski definition) is 1. The quantitative estimate of drug-likeness (QED) is 0.813. The number of nitrogens with zero attached hydrogens (tertiary/aromatic N) is 1. The summed E-state index contributed by atoms with van der Waals surface area (Å²) >= 11 is 0. The Kier molecular flexibility index (Phi) is 4.13. The smallest absolute Gasteiger partial charge is 0.126 e. The highest BCUT2D eigenvalue weighted by Crippen LogP contribution is 2.14. The van der Waals surface area contributed by atoms with Gasteiger partial charge in [-0.1, -0.05) is 13.3 Å². The first-order valence-electron chi connectivity index (χ1n) is 5.74. The van der Waals surface area contributed by atoms with Gasteiger partial charge in [-0.2, -0.15) is 0 Å². The van der Waals surface area contributed by atoms with E-state index in [0.717, 1.165) is 12.2 Å². The lowest BCUT2D eigenvalue weighted by atomic mass is 10.1. The fourth-order valence-electron chi connectivity index (χ4n) is 1.46. The van der Waals surface area contributed by atoms with E-state index in [9.17, 15) is 0 Å². The van der Waals surface area contributed by atoms with Crippen LogP contribution in [-0.4, -0.2) is 10.5 Å². The summed E-state index contributed by atoms with van der Waals surface area (Å²) in [7, 11) is 0. The van der Waals surface area contributed by atoms with Gasteiger partial charge in [-0.25, -0.2) is 4.98 Å². The van der Waals surface area contributed by atoms with E-state index in [4.69, 9.17) is 0 Å². The molecule has 0 fully saturated rings.